The number of aryl methyl sites for hydroxylation is 1. The third-order valence-electron chi connectivity index (χ3n) is 2.30. The molecular weight excluding hydrogens is 252 g/mol. The molecule has 7 heteroatoms. The summed E-state index contributed by atoms with van der Waals surface area (Å²) in [6.07, 6.45) is 0.779. The van der Waals surface area contributed by atoms with Crippen LogP contribution in [0.1, 0.15) is 23.1 Å². The zero-order valence-electron chi connectivity index (χ0n) is 9.67. The predicted octanol–water partition coefficient (Wildman–Crippen LogP) is 1.80. The van der Waals surface area contributed by atoms with Crippen LogP contribution in [0.3, 0.4) is 0 Å². The van der Waals surface area contributed by atoms with E-state index < -0.39 is 5.97 Å². The van der Waals surface area contributed by atoms with Gasteiger partial charge >= 0.3 is 5.97 Å². The Kier molecular flexibility index (Phi) is 3.52. The number of anilines is 1. The number of rotatable bonds is 4. The number of nitrogens with one attached hydrogen (secondary N) is 1. The fourth-order valence-electron chi connectivity index (χ4n) is 1.35. The Bertz CT molecular complexity index is 582. The molecule has 94 valence electrons. The molecular formula is C11H12N4O2S. The topological polar surface area (TPSA) is 105 Å². The van der Waals surface area contributed by atoms with Gasteiger partial charge in [0.25, 0.3) is 0 Å². The summed E-state index contributed by atoms with van der Waals surface area (Å²) in [5, 5.41) is 16.2. The molecule has 2 aromatic rings. The highest BCUT2D eigenvalue weighted by Gasteiger charge is 2.10. The van der Waals surface area contributed by atoms with Crippen LogP contribution in [0.5, 0.6) is 0 Å². The smallest absolute Gasteiger partial charge is 0.335 e. The van der Waals surface area contributed by atoms with E-state index in [1.165, 1.54) is 23.9 Å². The molecule has 0 fully saturated rings. The normalized spacial score (nSPS) is 10.5. The highest BCUT2D eigenvalue weighted by Crippen LogP contribution is 2.30. The van der Waals surface area contributed by atoms with Crippen molar-refractivity contribution in [3.63, 3.8) is 0 Å². The van der Waals surface area contributed by atoms with E-state index in [1.54, 1.807) is 6.07 Å². The SMILES string of the molecule is CCc1nc(Sc2ccc(C(=O)O)cc2N)n[nH]1. The van der Waals surface area contributed by atoms with Crippen molar-refractivity contribution in [3.05, 3.63) is 29.6 Å². The molecule has 1 aromatic heterocycles. The van der Waals surface area contributed by atoms with Gasteiger partial charge in [0.2, 0.25) is 5.16 Å². The molecule has 0 aliphatic carbocycles. The monoisotopic (exact) mass is 264 g/mol. The van der Waals surface area contributed by atoms with Gasteiger partial charge in [-0.15, -0.1) is 5.10 Å². The first kappa shape index (κ1) is 12.4. The maximum absolute atomic E-state index is 10.8. The van der Waals surface area contributed by atoms with Gasteiger partial charge in [-0.1, -0.05) is 6.92 Å². The Hall–Kier alpha value is -2.02. The average Bonchev–Trinajstić information content (AvgIpc) is 2.79. The van der Waals surface area contributed by atoms with Crippen LogP contribution in [-0.2, 0) is 6.42 Å². The summed E-state index contributed by atoms with van der Waals surface area (Å²) >= 11 is 1.30. The maximum atomic E-state index is 10.8. The van der Waals surface area contributed by atoms with Crippen LogP contribution in [0.25, 0.3) is 0 Å². The van der Waals surface area contributed by atoms with Gasteiger partial charge in [-0.05, 0) is 30.0 Å². The van der Waals surface area contributed by atoms with Crippen molar-refractivity contribution in [3.8, 4) is 0 Å². The first-order chi connectivity index (χ1) is 8.60. The minimum absolute atomic E-state index is 0.168. The van der Waals surface area contributed by atoms with E-state index in [9.17, 15) is 4.79 Å². The van der Waals surface area contributed by atoms with E-state index >= 15 is 0 Å². The van der Waals surface area contributed by atoms with Gasteiger partial charge < -0.3 is 10.8 Å². The van der Waals surface area contributed by atoms with Gasteiger partial charge in [-0.2, -0.15) is 0 Å². The maximum Gasteiger partial charge on any atom is 0.335 e. The summed E-state index contributed by atoms with van der Waals surface area (Å²) in [6.45, 7) is 1.98. The van der Waals surface area contributed by atoms with Crippen LogP contribution >= 0.6 is 11.8 Å². The Morgan fingerprint density at radius 2 is 2.33 bits per heavy atom. The van der Waals surface area contributed by atoms with E-state index in [4.69, 9.17) is 10.8 Å². The standard InChI is InChI=1S/C11H12N4O2S/c1-2-9-13-11(15-14-9)18-8-4-3-6(10(16)17)5-7(8)12/h3-5H,2,12H2,1H3,(H,16,17)(H,13,14,15). The molecule has 2 rings (SSSR count). The van der Waals surface area contributed by atoms with Crippen LogP contribution in [0.15, 0.2) is 28.3 Å². The average molecular weight is 264 g/mol. The minimum atomic E-state index is -0.996. The van der Waals surface area contributed by atoms with Gasteiger partial charge in [0.05, 0.1) is 5.56 Å². The first-order valence-corrected chi connectivity index (χ1v) is 6.13. The number of aromatic amines is 1. The predicted molar refractivity (Wildman–Crippen MR) is 67.7 cm³/mol. The van der Waals surface area contributed by atoms with E-state index in [0.717, 1.165) is 17.1 Å². The third-order valence-corrected chi connectivity index (χ3v) is 3.26. The number of aromatic nitrogens is 3. The van der Waals surface area contributed by atoms with Gasteiger partial charge in [0.15, 0.2) is 0 Å². The van der Waals surface area contributed by atoms with Crippen LogP contribution in [0, 0.1) is 0 Å². The Morgan fingerprint density at radius 1 is 1.56 bits per heavy atom. The molecule has 0 unspecified atom stereocenters. The molecule has 0 radical (unpaired) electrons. The number of nitrogens with zero attached hydrogens (tertiary/aromatic N) is 2. The molecule has 0 atom stereocenters. The fourth-order valence-corrected chi connectivity index (χ4v) is 2.11. The Balaban J connectivity index is 2.21. The highest BCUT2D eigenvalue weighted by atomic mass is 32.2. The second kappa shape index (κ2) is 5.09. The van der Waals surface area contributed by atoms with Crippen molar-refractivity contribution in [2.45, 2.75) is 23.4 Å². The Morgan fingerprint density at radius 3 is 2.89 bits per heavy atom. The molecule has 0 aliphatic heterocycles. The number of carboxylic acid groups (broad SMARTS) is 1. The van der Waals surface area contributed by atoms with E-state index in [-0.39, 0.29) is 5.56 Å². The molecule has 18 heavy (non-hydrogen) atoms. The van der Waals surface area contributed by atoms with Crippen molar-refractivity contribution in [1.29, 1.82) is 0 Å². The molecule has 1 aromatic carbocycles. The summed E-state index contributed by atoms with van der Waals surface area (Å²) in [7, 11) is 0. The van der Waals surface area contributed by atoms with Gasteiger partial charge in [0, 0.05) is 17.0 Å². The second-order valence-electron chi connectivity index (χ2n) is 3.58. The molecule has 0 spiro atoms. The number of H-pyrrole nitrogens is 1. The molecule has 0 saturated carbocycles. The number of aromatic carboxylic acids is 1. The number of benzene rings is 1. The van der Waals surface area contributed by atoms with Gasteiger partial charge in [-0.25, -0.2) is 9.78 Å². The van der Waals surface area contributed by atoms with E-state index in [0.29, 0.717) is 10.8 Å². The molecule has 1 heterocycles. The minimum Gasteiger partial charge on any atom is -0.478 e. The summed E-state index contributed by atoms with van der Waals surface area (Å²) in [4.78, 5) is 15.8. The zero-order valence-corrected chi connectivity index (χ0v) is 10.5. The van der Waals surface area contributed by atoms with Crippen molar-refractivity contribution >= 4 is 23.4 Å². The number of carbonyl (C=O) groups is 1. The summed E-state index contributed by atoms with van der Waals surface area (Å²) in [5.74, 6) is -0.192. The largest absolute Gasteiger partial charge is 0.478 e. The lowest BCUT2D eigenvalue weighted by atomic mass is 10.2. The summed E-state index contributed by atoms with van der Waals surface area (Å²) < 4.78 is 0. The molecule has 6 nitrogen and oxygen atoms in total. The first-order valence-electron chi connectivity index (χ1n) is 5.32. The number of nitrogens with two attached hydrogens (primary N) is 1. The fraction of sp³-hybridized carbons (Fsp3) is 0.182. The van der Waals surface area contributed by atoms with Crippen molar-refractivity contribution in [2.24, 2.45) is 0 Å². The molecule has 4 N–H and O–H groups in total. The lowest BCUT2D eigenvalue weighted by molar-refractivity contribution is 0.0697. The number of hydrogen-bond donors (Lipinski definition) is 3. The van der Waals surface area contributed by atoms with Crippen LogP contribution in [0.4, 0.5) is 5.69 Å². The molecule has 0 saturated heterocycles. The quantitative estimate of drug-likeness (QED) is 0.727. The van der Waals surface area contributed by atoms with Crippen LogP contribution in [0.2, 0.25) is 0 Å². The number of hydrogen-bond acceptors (Lipinski definition) is 5. The zero-order chi connectivity index (χ0) is 13.1. The van der Waals surface area contributed by atoms with Crippen molar-refractivity contribution in [1.82, 2.24) is 15.2 Å². The molecule has 0 amide bonds. The molecule has 0 aliphatic rings. The Labute approximate surface area is 108 Å². The van der Waals surface area contributed by atoms with Crippen molar-refractivity contribution < 1.29 is 9.90 Å². The highest BCUT2D eigenvalue weighted by molar-refractivity contribution is 7.99. The number of carboxylic acids is 1. The lowest BCUT2D eigenvalue weighted by Crippen LogP contribution is -1.98. The van der Waals surface area contributed by atoms with E-state index in [1.807, 2.05) is 6.92 Å². The second-order valence-corrected chi connectivity index (χ2v) is 4.59. The van der Waals surface area contributed by atoms with Gasteiger partial charge in [0.1, 0.15) is 5.82 Å². The number of nitrogen functional groups attached to an aromatic ring is 1. The van der Waals surface area contributed by atoms with Gasteiger partial charge in [-0.3, -0.25) is 5.10 Å². The summed E-state index contributed by atoms with van der Waals surface area (Å²) in [6, 6.07) is 4.60. The summed E-state index contributed by atoms with van der Waals surface area (Å²) in [5.41, 5.74) is 6.37. The third kappa shape index (κ3) is 2.62. The molecule has 0 bridgehead atoms. The van der Waals surface area contributed by atoms with Crippen LogP contribution < -0.4 is 5.73 Å². The lowest BCUT2D eigenvalue weighted by Gasteiger charge is -2.03. The van der Waals surface area contributed by atoms with E-state index in [2.05, 4.69) is 15.2 Å². The van der Waals surface area contributed by atoms with Crippen LogP contribution in [-0.4, -0.2) is 26.3 Å². The van der Waals surface area contributed by atoms with Crippen molar-refractivity contribution in [2.75, 3.05) is 5.73 Å².